The highest BCUT2D eigenvalue weighted by Gasteiger charge is 2.16. The summed E-state index contributed by atoms with van der Waals surface area (Å²) >= 11 is 5.94. The Kier molecular flexibility index (Phi) is 4.32. The van der Waals surface area contributed by atoms with Crippen LogP contribution in [0.5, 0.6) is 5.88 Å². The van der Waals surface area contributed by atoms with E-state index in [0.29, 0.717) is 29.1 Å². The van der Waals surface area contributed by atoms with E-state index in [0.717, 1.165) is 18.4 Å². The Morgan fingerprint density at radius 1 is 1.50 bits per heavy atom. The molecule has 0 radical (unpaired) electrons. The molecule has 1 N–H and O–H groups in total. The number of rotatable bonds is 3. The zero-order chi connectivity index (χ0) is 11.7. The number of halogens is 2. The van der Waals surface area contributed by atoms with Gasteiger partial charge in [0.2, 0.25) is 0 Å². The molecule has 0 bridgehead atoms. The van der Waals surface area contributed by atoms with E-state index in [1.54, 1.807) is 12.1 Å². The molecule has 2 aromatic rings. The van der Waals surface area contributed by atoms with E-state index < -0.39 is 0 Å². The lowest BCUT2D eigenvalue weighted by Crippen LogP contribution is -2.28. The van der Waals surface area contributed by atoms with Crippen LogP contribution in [-0.4, -0.2) is 24.4 Å². The van der Waals surface area contributed by atoms with E-state index in [1.165, 1.54) is 6.42 Å². The summed E-state index contributed by atoms with van der Waals surface area (Å²) in [4.78, 5) is 0. The number of nitrogens with one attached hydrogen (secondary N) is 1. The molecular weight excluding hydrogens is 275 g/mol. The van der Waals surface area contributed by atoms with E-state index in [4.69, 9.17) is 20.9 Å². The van der Waals surface area contributed by atoms with Crippen molar-refractivity contribution in [2.75, 3.05) is 13.2 Å². The van der Waals surface area contributed by atoms with Gasteiger partial charge in [0.15, 0.2) is 5.58 Å². The van der Waals surface area contributed by atoms with E-state index in [1.807, 2.05) is 6.07 Å². The summed E-state index contributed by atoms with van der Waals surface area (Å²) in [6.45, 7) is 1.69. The third kappa shape index (κ3) is 2.71. The van der Waals surface area contributed by atoms with Crippen LogP contribution in [0.2, 0.25) is 5.02 Å². The zero-order valence-electron chi connectivity index (χ0n) is 9.69. The molecule has 1 fully saturated rings. The number of hydrogen-bond acceptors (Lipinski definition) is 4. The summed E-state index contributed by atoms with van der Waals surface area (Å²) < 4.78 is 10.8. The highest BCUT2D eigenvalue weighted by atomic mass is 35.5. The van der Waals surface area contributed by atoms with Gasteiger partial charge in [-0.1, -0.05) is 11.6 Å². The fourth-order valence-electron chi connectivity index (χ4n) is 2.07. The van der Waals surface area contributed by atoms with Gasteiger partial charge in [0.05, 0.1) is 5.39 Å². The molecule has 0 aliphatic carbocycles. The molecule has 0 saturated carbocycles. The van der Waals surface area contributed by atoms with Gasteiger partial charge in [-0.05, 0) is 42.7 Å². The predicted octanol–water partition coefficient (Wildman–Crippen LogP) is 3.03. The van der Waals surface area contributed by atoms with Crippen molar-refractivity contribution in [2.24, 2.45) is 0 Å². The van der Waals surface area contributed by atoms with Crippen LogP contribution in [0.3, 0.4) is 0 Å². The molecule has 4 nitrogen and oxygen atoms in total. The average molecular weight is 289 g/mol. The second-order valence-electron chi connectivity index (χ2n) is 4.23. The Morgan fingerprint density at radius 3 is 3.17 bits per heavy atom. The Bertz CT molecular complexity index is 524. The van der Waals surface area contributed by atoms with Crippen LogP contribution in [0.15, 0.2) is 22.7 Å². The first-order valence-electron chi connectivity index (χ1n) is 5.74. The van der Waals surface area contributed by atoms with Crippen LogP contribution >= 0.6 is 24.0 Å². The Morgan fingerprint density at radius 2 is 2.39 bits per heavy atom. The van der Waals surface area contributed by atoms with Crippen molar-refractivity contribution in [3.05, 3.63) is 23.2 Å². The van der Waals surface area contributed by atoms with Crippen molar-refractivity contribution in [2.45, 2.75) is 18.9 Å². The summed E-state index contributed by atoms with van der Waals surface area (Å²) in [6.07, 6.45) is 2.36. The summed E-state index contributed by atoms with van der Waals surface area (Å²) in [5.74, 6) is 0.524. The van der Waals surface area contributed by atoms with Crippen molar-refractivity contribution in [1.29, 1.82) is 0 Å². The molecule has 1 aromatic carbocycles. The largest absolute Gasteiger partial charge is 0.473 e. The molecule has 6 heteroatoms. The van der Waals surface area contributed by atoms with Crippen molar-refractivity contribution in [3.8, 4) is 5.88 Å². The monoisotopic (exact) mass is 288 g/mol. The van der Waals surface area contributed by atoms with Crippen LogP contribution in [-0.2, 0) is 0 Å². The van der Waals surface area contributed by atoms with Gasteiger partial charge in [-0.25, -0.2) is 0 Å². The second kappa shape index (κ2) is 5.78. The Hall–Kier alpha value is -0.970. The third-order valence-corrected chi connectivity index (χ3v) is 3.22. The molecule has 1 aliphatic rings. The van der Waals surface area contributed by atoms with Gasteiger partial charge in [-0.15, -0.1) is 12.4 Å². The lowest BCUT2D eigenvalue weighted by atomic mass is 10.2. The van der Waals surface area contributed by atoms with E-state index in [9.17, 15) is 0 Å². The highest BCUT2D eigenvalue weighted by molar-refractivity contribution is 6.31. The van der Waals surface area contributed by atoms with Gasteiger partial charge in [-0.2, -0.15) is 0 Å². The molecule has 1 atom stereocenters. The topological polar surface area (TPSA) is 47.3 Å². The molecular formula is C12H14Cl2N2O2. The summed E-state index contributed by atoms with van der Waals surface area (Å²) in [5.41, 5.74) is 0.698. The fourth-order valence-corrected chi connectivity index (χ4v) is 2.24. The van der Waals surface area contributed by atoms with Gasteiger partial charge in [0.25, 0.3) is 5.88 Å². The number of ether oxygens (including phenoxy) is 1. The minimum absolute atomic E-state index is 0. The highest BCUT2D eigenvalue weighted by Crippen LogP contribution is 2.27. The average Bonchev–Trinajstić information content (AvgIpc) is 2.94. The first-order chi connectivity index (χ1) is 8.33. The number of aromatic nitrogens is 1. The fraction of sp³-hybridized carbons (Fsp3) is 0.417. The van der Waals surface area contributed by atoms with Crippen molar-refractivity contribution in [3.63, 3.8) is 0 Å². The molecule has 1 aromatic heterocycles. The Balaban J connectivity index is 0.00000120. The standard InChI is InChI=1S/C12H13ClN2O2.ClH/c13-8-3-4-11-10(6-8)12(15-17-11)16-7-9-2-1-5-14-9;/h3-4,6,9,14H,1-2,5,7H2;1H/t9-;/m0./s1. The lowest BCUT2D eigenvalue weighted by Gasteiger charge is -2.09. The van der Waals surface area contributed by atoms with Crippen molar-refractivity contribution >= 4 is 35.0 Å². The minimum Gasteiger partial charge on any atom is -0.473 e. The summed E-state index contributed by atoms with van der Waals surface area (Å²) in [6, 6.07) is 5.80. The third-order valence-electron chi connectivity index (χ3n) is 2.98. The smallest absolute Gasteiger partial charge is 0.262 e. The molecule has 0 amide bonds. The SMILES string of the molecule is Cl.Clc1ccc2onc(OC[C@@H]3CCCN3)c2c1. The molecule has 3 rings (SSSR count). The van der Waals surface area contributed by atoms with Crippen LogP contribution in [0.25, 0.3) is 11.0 Å². The van der Waals surface area contributed by atoms with Gasteiger partial charge in [0.1, 0.15) is 6.61 Å². The molecule has 18 heavy (non-hydrogen) atoms. The van der Waals surface area contributed by atoms with Crippen molar-refractivity contribution < 1.29 is 9.26 Å². The van der Waals surface area contributed by atoms with Crippen LogP contribution in [0.4, 0.5) is 0 Å². The van der Waals surface area contributed by atoms with E-state index in [-0.39, 0.29) is 12.4 Å². The molecule has 2 heterocycles. The van der Waals surface area contributed by atoms with Gasteiger partial charge in [0, 0.05) is 11.1 Å². The maximum atomic E-state index is 5.94. The first-order valence-corrected chi connectivity index (χ1v) is 6.12. The first kappa shape index (κ1) is 13.5. The number of nitrogens with zero attached hydrogens (tertiary/aromatic N) is 1. The summed E-state index contributed by atoms with van der Waals surface area (Å²) in [7, 11) is 0. The molecule has 0 unspecified atom stereocenters. The van der Waals surface area contributed by atoms with E-state index >= 15 is 0 Å². The molecule has 1 saturated heterocycles. The van der Waals surface area contributed by atoms with Gasteiger partial charge in [-0.3, -0.25) is 0 Å². The van der Waals surface area contributed by atoms with Gasteiger partial charge >= 0.3 is 0 Å². The number of benzene rings is 1. The molecule has 0 spiro atoms. The van der Waals surface area contributed by atoms with Crippen LogP contribution in [0.1, 0.15) is 12.8 Å². The lowest BCUT2D eigenvalue weighted by molar-refractivity contribution is 0.254. The van der Waals surface area contributed by atoms with E-state index in [2.05, 4.69) is 10.5 Å². The summed E-state index contributed by atoms with van der Waals surface area (Å²) in [5, 5.41) is 8.77. The molecule has 98 valence electrons. The van der Waals surface area contributed by atoms with Crippen molar-refractivity contribution in [1.82, 2.24) is 10.5 Å². The minimum atomic E-state index is 0. The van der Waals surface area contributed by atoms with Crippen LogP contribution < -0.4 is 10.1 Å². The maximum absolute atomic E-state index is 5.94. The van der Waals surface area contributed by atoms with Crippen LogP contribution in [0, 0.1) is 0 Å². The number of fused-ring (bicyclic) bond motifs is 1. The number of hydrogen-bond donors (Lipinski definition) is 1. The molecule has 1 aliphatic heterocycles. The maximum Gasteiger partial charge on any atom is 0.262 e. The Labute approximate surface area is 116 Å². The quantitative estimate of drug-likeness (QED) is 0.943. The van der Waals surface area contributed by atoms with Gasteiger partial charge < -0.3 is 14.6 Å². The zero-order valence-corrected chi connectivity index (χ0v) is 11.3. The second-order valence-corrected chi connectivity index (χ2v) is 4.67. The predicted molar refractivity (Wildman–Crippen MR) is 72.8 cm³/mol. The normalized spacial score (nSPS) is 18.8.